The molecule has 1 aromatic heterocycles. The van der Waals surface area contributed by atoms with Gasteiger partial charge in [0, 0.05) is 17.1 Å². The summed E-state index contributed by atoms with van der Waals surface area (Å²) in [7, 11) is 0. The maximum atomic E-state index is 4.53. The number of benzene rings is 2. The van der Waals surface area contributed by atoms with Crippen molar-refractivity contribution in [2.24, 2.45) is 0 Å². The normalized spacial score (nSPS) is 9.88. The van der Waals surface area contributed by atoms with Gasteiger partial charge in [-0.05, 0) is 6.07 Å². The van der Waals surface area contributed by atoms with Crippen LogP contribution in [-0.2, 0) is 0 Å². The van der Waals surface area contributed by atoms with Crippen LogP contribution in [0.25, 0.3) is 22.3 Å². The predicted octanol–water partition coefficient (Wildman–Crippen LogP) is 3.72. The molecule has 0 unspecified atom stereocenters. The minimum absolute atomic E-state index is 0. The molecule has 0 atom stereocenters. The number of fused-ring (bicyclic) bond motifs is 1. The fraction of sp³-hybridized carbons (Fsp3) is 0. The third kappa shape index (κ3) is 2.27. The van der Waals surface area contributed by atoms with Crippen LogP contribution in [0, 0.1) is 0 Å². The summed E-state index contributed by atoms with van der Waals surface area (Å²) < 4.78 is 0. The van der Waals surface area contributed by atoms with Crippen LogP contribution in [0.1, 0.15) is 0 Å². The van der Waals surface area contributed by atoms with Crippen molar-refractivity contribution in [2.75, 3.05) is 0 Å². The molecule has 3 heteroatoms. The lowest BCUT2D eigenvalue weighted by molar-refractivity contribution is 1.23. The second kappa shape index (κ2) is 4.93. The Hall–Kier alpha value is -1.93. The molecule has 2 aromatic carbocycles. The van der Waals surface area contributed by atoms with Gasteiger partial charge in [0.05, 0.1) is 5.52 Å². The molecule has 84 valence electrons. The summed E-state index contributed by atoms with van der Waals surface area (Å²) in [4.78, 5) is 8.90. The molecule has 0 amide bonds. The Morgan fingerprint density at radius 3 is 2.29 bits per heavy atom. The first-order chi connectivity index (χ1) is 7.93. The van der Waals surface area contributed by atoms with Gasteiger partial charge < -0.3 is 0 Å². The highest BCUT2D eigenvalue weighted by Crippen LogP contribution is 2.17. The van der Waals surface area contributed by atoms with E-state index in [1.165, 1.54) is 0 Å². The Bertz CT molecular complexity index is 623. The Morgan fingerprint density at radius 2 is 1.47 bits per heavy atom. The zero-order valence-corrected chi connectivity index (χ0v) is 9.89. The summed E-state index contributed by atoms with van der Waals surface area (Å²) >= 11 is 0. The monoisotopic (exact) mass is 242 g/mol. The Kier molecular flexibility index (Phi) is 3.35. The van der Waals surface area contributed by atoms with Crippen molar-refractivity contribution >= 4 is 23.3 Å². The molecule has 0 aliphatic heterocycles. The van der Waals surface area contributed by atoms with Crippen molar-refractivity contribution in [2.45, 2.75) is 0 Å². The maximum Gasteiger partial charge on any atom is 0.159 e. The average molecular weight is 243 g/mol. The summed E-state index contributed by atoms with van der Waals surface area (Å²) in [6.07, 6.45) is 1.87. The number of para-hydroxylation sites is 1. The zero-order valence-electron chi connectivity index (χ0n) is 9.08. The van der Waals surface area contributed by atoms with E-state index in [4.69, 9.17) is 0 Å². The van der Waals surface area contributed by atoms with Crippen LogP contribution in [-0.4, -0.2) is 9.97 Å². The molecule has 0 saturated heterocycles. The quantitative estimate of drug-likeness (QED) is 0.650. The van der Waals surface area contributed by atoms with Gasteiger partial charge in [0.1, 0.15) is 0 Å². The van der Waals surface area contributed by atoms with Gasteiger partial charge in [0.25, 0.3) is 0 Å². The summed E-state index contributed by atoms with van der Waals surface area (Å²) in [6.45, 7) is 0. The van der Waals surface area contributed by atoms with E-state index >= 15 is 0 Å². The largest absolute Gasteiger partial charge is 0.236 e. The molecule has 0 aliphatic rings. The lowest BCUT2D eigenvalue weighted by Gasteiger charge is -2.01. The third-order valence-electron chi connectivity index (χ3n) is 2.52. The first kappa shape index (κ1) is 11.6. The average Bonchev–Trinajstić information content (AvgIpc) is 2.39. The molecule has 2 nitrogen and oxygen atoms in total. The molecule has 0 spiro atoms. The number of hydrogen-bond donors (Lipinski definition) is 0. The number of rotatable bonds is 1. The molecule has 0 bridgehead atoms. The van der Waals surface area contributed by atoms with Crippen molar-refractivity contribution in [1.82, 2.24) is 9.97 Å². The van der Waals surface area contributed by atoms with E-state index in [-0.39, 0.29) is 12.4 Å². The zero-order chi connectivity index (χ0) is 10.8. The summed E-state index contributed by atoms with van der Waals surface area (Å²) in [5.74, 6) is 0.777. The van der Waals surface area contributed by atoms with Crippen molar-refractivity contribution in [3.63, 3.8) is 0 Å². The highest BCUT2D eigenvalue weighted by molar-refractivity contribution is 5.85. The van der Waals surface area contributed by atoms with E-state index in [0.717, 1.165) is 22.3 Å². The van der Waals surface area contributed by atoms with Gasteiger partial charge in [-0.2, -0.15) is 0 Å². The molecule has 3 aromatic rings. The number of halogens is 1. The van der Waals surface area contributed by atoms with Crippen molar-refractivity contribution in [1.29, 1.82) is 0 Å². The van der Waals surface area contributed by atoms with Crippen LogP contribution in [0.2, 0.25) is 0 Å². The molecule has 0 fully saturated rings. The fourth-order valence-corrected chi connectivity index (χ4v) is 1.70. The lowest BCUT2D eigenvalue weighted by Crippen LogP contribution is -1.88. The topological polar surface area (TPSA) is 25.8 Å². The van der Waals surface area contributed by atoms with Gasteiger partial charge >= 0.3 is 0 Å². The van der Waals surface area contributed by atoms with Crippen molar-refractivity contribution < 1.29 is 0 Å². The molecular weight excluding hydrogens is 232 g/mol. The van der Waals surface area contributed by atoms with Gasteiger partial charge in [-0.25, -0.2) is 9.97 Å². The van der Waals surface area contributed by atoms with Crippen LogP contribution in [0.4, 0.5) is 0 Å². The summed E-state index contributed by atoms with van der Waals surface area (Å²) in [5, 5.41) is 1.07. The highest BCUT2D eigenvalue weighted by atomic mass is 35.5. The van der Waals surface area contributed by atoms with Gasteiger partial charge in [0.2, 0.25) is 0 Å². The van der Waals surface area contributed by atoms with E-state index in [2.05, 4.69) is 9.97 Å². The Morgan fingerprint density at radius 1 is 0.765 bits per heavy atom. The predicted molar refractivity (Wildman–Crippen MR) is 72.2 cm³/mol. The summed E-state index contributed by atoms with van der Waals surface area (Å²) in [6, 6.07) is 18.0. The van der Waals surface area contributed by atoms with Crippen LogP contribution in [0.15, 0.2) is 60.8 Å². The van der Waals surface area contributed by atoms with Gasteiger partial charge in [-0.1, -0.05) is 48.5 Å². The van der Waals surface area contributed by atoms with Crippen molar-refractivity contribution in [3.05, 3.63) is 60.8 Å². The molecule has 0 aliphatic carbocycles. The maximum absolute atomic E-state index is 4.53. The summed E-state index contributed by atoms with van der Waals surface area (Å²) in [5.41, 5.74) is 2.03. The highest BCUT2D eigenvalue weighted by Gasteiger charge is 2.01. The van der Waals surface area contributed by atoms with Crippen LogP contribution >= 0.6 is 12.4 Å². The first-order valence-electron chi connectivity index (χ1n) is 5.21. The smallest absolute Gasteiger partial charge is 0.159 e. The molecule has 0 radical (unpaired) electrons. The fourth-order valence-electron chi connectivity index (χ4n) is 1.70. The van der Waals surface area contributed by atoms with Crippen LogP contribution in [0.3, 0.4) is 0 Å². The van der Waals surface area contributed by atoms with E-state index < -0.39 is 0 Å². The molecular formula is C14H11ClN2. The second-order valence-corrected chi connectivity index (χ2v) is 3.62. The number of nitrogens with zero attached hydrogens (tertiary/aromatic N) is 2. The molecule has 17 heavy (non-hydrogen) atoms. The van der Waals surface area contributed by atoms with E-state index in [9.17, 15) is 0 Å². The van der Waals surface area contributed by atoms with Gasteiger partial charge in [0.15, 0.2) is 5.82 Å². The third-order valence-corrected chi connectivity index (χ3v) is 2.52. The first-order valence-corrected chi connectivity index (χ1v) is 5.21. The number of hydrogen-bond acceptors (Lipinski definition) is 2. The van der Waals surface area contributed by atoms with E-state index in [1.54, 1.807) is 0 Å². The van der Waals surface area contributed by atoms with Crippen LogP contribution < -0.4 is 0 Å². The van der Waals surface area contributed by atoms with Crippen LogP contribution in [0.5, 0.6) is 0 Å². The molecule has 0 saturated carbocycles. The van der Waals surface area contributed by atoms with E-state index in [1.807, 2.05) is 60.8 Å². The number of aromatic nitrogens is 2. The Labute approximate surface area is 106 Å². The van der Waals surface area contributed by atoms with E-state index in [0.29, 0.717) is 0 Å². The lowest BCUT2D eigenvalue weighted by atomic mass is 10.2. The Balaban J connectivity index is 0.00000108. The second-order valence-electron chi connectivity index (χ2n) is 3.62. The minimum atomic E-state index is 0. The van der Waals surface area contributed by atoms with Crippen molar-refractivity contribution in [3.8, 4) is 11.4 Å². The van der Waals surface area contributed by atoms with Gasteiger partial charge in [-0.15, -0.1) is 12.4 Å². The standard InChI is InChI=1S/C14H10N2.ClH/c1-2-6-11(7-3-1)14-15-10-12-8-4-5-9-13(12)16-14;/h1-10H;1H. The molecule has 3 rings (SSSR count). The SMILES string of the molecule is Cl.c1ccc(-c2ncc3ccccc3n2)cc1. The van der Waals surface area contributed by atoms with Gasteiger partial charge in [-0.3, -0.25) is 0 Å². The molecule has 1 heterocycles. The molecule has 0 N–H and O–H groups in total. The minimum Gasteiger partial charge on any atom is -0.236 e.